The van der Waals surface area contributed by atoms with E-state index in [9.17, 15) is 4.79 Å². The minimum atomic E-state index is -0.344. The number of amides is 2. The Hall–Kier alpha value is -1.23. The van der Waals surface area contributed by atoms with Crippen LogP contribution in [0, 0.1) is 0 Å². The topological polar surface area (TPSA) is 50.4 Å². The third-order valence-corrected chi connectivity index (χ3v) is 3.56. The third kappa shape index (κ3) is 4.13. The molecule has 0 bridgehead atoms. The number of hydrogen-bond acceptors (Lipinski definition) is 2. The maximum Gasteiger partial charge on any atom is 0.323 e. The van der Waals surface area contributed by atoms with E-state index in [1.807, 2.05) is 0 Å². The van der Waals surface area contributed by atoms with E-state index in [1.54, 1.807) is 24.4 Å². The molecule has 0 atom stereocenters. The van der Waals surface area contributed by atoms with Crippen molar-refractivity contribution in [1.29, 1.82) is 0 Å². The van der Waals surface area contributed by atoms with E-state index in [0.29, 0.717) is 28.9 Å². The first-order valence-corrected chi connectivity index (χ1v) is 6.69. The Morgan fingerprint density at radius 1 is 1.26 bits per heavy atom. The zero-order valence-corrected chi connectivity index (χ0v) is 11.7. The molecule has 1 aromatic carbocycles. The van der Waals surface area contributed by atoms with E-state index in [2.05, 4.69) is 10.6 Å². The van der Waals surface area contributed by atoms with Crippen molar-refractivity contribution < 1.29 is 9.53 Å². The zero-order chi connectivity index (χ0) is 13.7. The van der Waals surface area contributed by atoms with Crippen LogP contribution in [0.1, 0.15) is 12.8 Å². The van der Waals surface area contributed by atoms with Gasteiger partial charge >= 0.3 is 6.03 Å². The van der Waals surface area contributed by atoms with Gasteiger partial charge in [0.15, 0.2) is 0 Å². The largest absolute Gasteiger partial charge is 0.381 e. The lowest BCUT2D eigenvalue weighted by Crippen LogP contribution is -2.25. The van der Waals surface area contributed by atoms with Crippen molar-refractivity contribution in [1.82, 2.24) is 5.32 Å². The minimum absolute atomic E-state index is 0.332. The summed E-state index contributed by atoms with van der Waals surface area (Å²) in [5, 5.41) is 6.06. The van der Waals surface area contributed by atoms with Gasteiger partial charge in [-0.1, -0.05) is 29.3 Å². The Labute approximate surface area is 121 Å². The molecule has 0 aliphatic carbocycles. The first kappa shape index (κ1) is 14.2. The highest BCUT2D eigenvalue weighted by atomic mass is 35.5. The van der Waals surface area contributed by atoms with Gasteiger partial charge in [-0.25, -0.2) is 4.79 Å². The van der Waals surface area contributed by atoms with E-state index in [-0.39, 0.29) is 6.03 Å². The molecule has 6 heteroatoms. The standard InChI is InChI=1S/C13H14Cl2N2O2/c14-10-2-1-3-11(12(10)15)17-13(18)16-8-9-4-6-19-7-5-9/h1-3,8H,4-7H2,(H2,16,17,18). The Morgan fingerprint density at radius 3 is 2.74 bits per heavy atom. The lowest BCUT2D eigenvalue weighted by atomic mass is 10.1. The van der Waals surface area contributed by atoms with Gasteiger partial charge in [0.2, 0.25) is 0 Å². The summed E-state index contributed by atoms with van der Waals surface area (Å²) in [6.07, 6.45) is 3.41. The van der Waals surface area contributed by atoms with E-state index in [4.69, 9.17) is 27.9 Å². The second-order valence-corrected chi connectivity index (χ2v) is 4.90. The molecule has 2 N–H and O–H groups in total. The Balaban J connectivity index is 1.92. The number of benzene rings is 1. The van der Waals surface area contributed by atoms with Crippen molar-refractivity contribution in [3.8, 4) is 0 Å². The highest BCUT2D eigenvalue weighted by Gasteiger charge is 2.08. The number of rotatable bonds is 2. The number of halogens is 2. The van der Waals surface area contributed by atoms with Gasteiger partial charge in [-0.2, -0.15) is 0 Å². The molecule has 1 aromatic rings. The average Bonchev–Trinajstić information content (AvgIpc) is 2.43. The molecule has 102 valence electrons. The summed E-state index contributed by atoms with van der Waals surface area (Å²) in [6.45, 7) is 1.41. The monoisotopic (exact) mass is 300 g/mol. The van der Waals surface area contributed by atoms with E-state index in [1.165, 1.54) is 5.57 Å². The molecule has 0 aromatic heterocycles. The van der Waals surface area contributed by atoms with Crippen LogP contribution in [0.3, 0.4) is 0 Å². The first-order chi connectivity index (χ1) is 9.16. The summed E-state index contributed by atoms with van der Waals surface area (Å²) in [4.78, 5) is 11.7. The van der Waals surface area contributed by atoms with Crippen LogP contribution in [-0.2, 0) is 4.74 Å². The van der Waals surface area contributed by atoms with Crippen molar-refractivity contribution in [2.45, 2.75) is 12.8 Å². The minimum Gasteiger partial charge on any atom is -0.381 e. The maximum atomic E-state index is 11.7. The molecule has 1 aliphatic rings. The van der Waals surface area contributed by atoms with Crippen LogP contribution < -0.4 is 10.6 Å². The van der Waals surface area contributed by atoms with Crippen LogP contribution >= 0.6 is 23.2 Å². The molecule has 1 fully saturated rings. The van der Waals surface area contributed by atoms with Crippen LogP contribution in [0.4, 0.5) is 10.5 Å². The predicted molar refractivity (Wildman–Crippen MR) is 76.8 cm³/mol. The Bertz CT molecular complexity index is 495. The molecule has 0 saturated carbocycles. The van der Waals surface area contributed by atoms with Gasteiger partial charge in [0.25, 0.3) is 0 Å². The third-order valence-electron chi connectivity index (χ3n) is 2.74. The van der Waals surface area contributed by atoms with Crippen molar-refractivity contribution in [3.05, 3.63) is 40.0 Å². The summed E-state index contributed by atoms with van der Waals surface area (Å²) in [5.41, 5.74) is 1.65. The van der Waals surface area contributed by atoms with Crippen LogP contribution in [0.25, 0.3) is 0 Å². The quantitative estimate of drug-likeness (QED) is 0.872. The lowest BCUT2D eigenvalue weighted by Gasteiger charge is -2.14. The molecule has 0 unspecified atom stereocenters. The molecule has 19 heavy (non-hydrogen) atoms. The maximum absolute atomic E-state index is 11.7. The van der Waals surface area contributed by atoms with Gasteiger partial charge in [-0.15, -0.1) is 0 Å². The van der Waals surface area contributed by atoms with Crippen LogP contribution in [0.5, 0.6) is 0 Å². The molecule has 0 spiro atoms. The molecular weight excluding hydrogens is 287 g/mol. The highest BCUT2D eigenvalue weighted by molar-refractivity contribution is 6.43. The zero-order valence-electron chi connectivity index (χ0n) is 10.2. The van der Waals surface area contributed by atoms with Crippen molar-refractivity contribution in [2.24, 2.45) is 0 Å². The molecule has 0 radical (unpaired) electrons. The second-order valence-electron chi connectivity index (χ2n) is 4.11. The molecule has 2 amide bonds. The van der Waals surface area contributed by atoms with Gasteiger partial charge in [-0.3, -0.25) is 0 Å². The van der Waals surface area contributed by atoms with Crippen LogP contribution in [0.15, 0.2) is 30.0 Å². The molecule has 1 heterocycles. The van der Waals surface area contributed by atoms with E-state index < -0.39 is 0 Å². The lowest BCUT2D eigenvalue weighted by molar-refractivity contribution is 0.119. The summed E-state index contributed by atoms with van der Waals surface area (Å²) in [6, 6.07) is 4.73. The number of urea groups is 1. The number of carbonyl (C=O) groups excluding carboxylic acids is 1. The number of hydrogen-bond donors (Lipinski definition) is 2. The summed E-state index contributed by atoms with van der Waals surface area (Å²) in [5.74, 6) is 0. The van der Waals surface area contributed by atoms with E-state index >= 15 is 0 Å². The molecule has 4 nitrogen and oxygen atoms in total. The van der Waals surface area contributed by atoms with Crippen LogP contribution in [-0.4, -0.2) is 19.2 Å². The fraction of sp³-hybridized carbons (Fsp3) is 0.308. The van der Waals surface area contributed by atoms with Gasteiger partial charge < -0.3 is 15.4 Å². The SMILES string of the molecule is O=C(NC=C1CCOCC1)Nc1cccc(Cl)c1Cl. The van der Waals surface area contributed by atoms with Crippen molar-refractivity contribution in [3.63, 3.8) is 0 Å². The van der Waals surface area contributed by atoms with E-state index in [0.717, 1.165) is 12.8 Å². The summed E-state index contributed by atoms with van der Waals surface area (Å²) >= 11 is 11.8. The average molecular weight is 301 g/mol. The fourth-order valence-electron chi connectivity index (χ4n) is 1.70. The van der Waals surface area contributed by atoms with Crippen molar-refractivity contribution >= 4 is 34.9 Å². The number of carbonyl (C=O) groups is 1. The van der Waals surface area contributed by atoms with Gasteiger partial charge in [0, 0.05) is 6.20 Å². The Kier molecular flexibility index (Phi) is 5.07. The molecule has 2 rings (SSSR count). The predicted octanol–water partition coefficient (Wildman–Crippen LogP) is 3.81. The smallest absolute Gasteiger partial charge is 0.323 e. The summed E-state index contributed by atoms with van der Waals surface area (Å²) < 4.78 is 5.23. The van der Waals surface area contributed by atoms with Gasteiger partial charge in [0.05, 0.1) is 28.9 Å². The number of nitrogens with one attached hydrogen (secondary N) is 2. The normalized spacial score (nSPS) is 14.9. The number of anilines is 1. The number of ether oxygens (including phenoxy) is 1. The fourth-order valence-corrected chi connectivity index (χ4v) is 2.05. The van der Waals surface area contributed by atoms with Gasteiger partial charge in [0.1, 0.15) is 0 Å². The summed E-state index contributed by atoms with van der Waals surface area (Å²) in [7, 11) is 0. The Morgan fingerprint density at radius 2 is 2.00 bits per heavy atom. The molecule has 1 saturated heterocycles. The second kappa shape index (κ2) is 6.80. The molecule has 1 aliphatic heterocycles. The highest BCUT2D eigenvalue weighted by Crippen LogP contribution is 2.29. The first-order valence-electron chi connectivity index (χ1n) is 5.94. The van der Waals surface area contributed by atoms with Crippen LogP contribution in [0.2, 0.25) is 10.0 Å². The van der Waals surface area contributed by atoms with Crippen molar-refractivity contribution in [2.75, 3.05) is 18.5 Å². The van der Waals surface area contributed by atoms with Gasteiger partial charge in [-0.05, 0) is 30.5 Å². The molecular formula is C13H14Cl2N2O2.